The standard InChI is InChI=1S/C29H31Cl2N7O3/c1-17-6-8-19(9-7-17)38-24(15-22(37-38)29(2,3)4)36-28(40)34-20-10-11-21(26(31)25(20)30)41-16-18-12-13-33-23(14-18)35-27(39)32-5/h6-15H,16H2,1-5H3,(H2,34,36,40)(H2,32,33,35,39). The highest BCUT2D eigenvalue weighted by Gasteiger charge is 2.22. The summed E-state index contributed by atoms with van der Waals surface area (Å²) in [6.07, 6.45) is 1.55. The van der Waals surface area contributed by atoms with Gasteiger partial charge in [0.25, 0.3) is 0 Å². The fourth-order valence-corrected chi connectivity index (χ4v) is 4.12. The van der Waals surface area contributed by atoms with Crippen LogP contribution in [0.4, 0.5) is 26.9 Å². The van der Waals surface area contributed by atoms with Crippen molar-refractivity contribution in [2.45, 2.75) is 39.7 Å². The first-order valence-corrected chi connectivity index (χ1v) is 13.5. The van der Waals surface area contributed by atoms with Crippen LogP contribution in [-0.4, -0.2) is 33.9 Å². The van der Waals surface area contributed by atoms with Gasteiger partial charge < -0.3 is 15.4 Å². The molecular formula is C29H31Cl2N7O3. The number of aromatic nitrogens is 3. The number of halogens is 2. The van der Waals surface area contributed by atoms with Gasteiger partial charge in [-0.1, -0.05) is 61.7 Å². The zero-order valence-corrected chi connectivity index (χ0v) is 24.8. The first-order chi connectivity index (χ1) is 19.4. The number of rotatable bonds is 7. The molecule has 0 bridgehead atoms. The van der Waals surface area contributed by atoms with E-state index < -0.39 is 6.03 Å². The van der Waals surface area contributed by atoms with Crippen LogP contribution in [0.5, 0.6) is 5.75 Å². The summed E-state index contributed by atoms with van der Waals surface area (Å²) >= 11 is 13.0. The highest BCUT2D eigenvalue weighted by atomic mass is 35.5. The van der Waals surface area contributed by atoms with E-state index in [1.807, 2.05) is 37.3 Å². The van der Waals surface area contributed by atoms with Gasteiger partial charge in [-0.15, -0.1) is 0 Å². The molecule has 0 unspecified atom stereocenters. The maximum atomic E-state index is 13.0. The average Bonchev–Trinajstić information content (AvgIpc) is 3.35. The summed E-state index contributed by atoms with van der Waals surface area (Å²) in [5.74, 6) is 1.20. The zero-order valence-electron chi connectivity index (χ0n) is 23.3. The topological polar surface area (TPSA) is 122 Å². The van der Waals surface area contributed by atoms with Crippen molar-refractivity contribution in [3.05, 3.63) is 87.7 Å². The van der Waals surface area contributed by atoms with Crippen molar-refractivity contribution < 1.29 is 14.3 Å². The summed E-state index contributed by atoms with van der Waals surface area (Å²) in [5.41, 5.74) is 3.58. The number of nitrogens with one attached hydrogen (secondary N) is 4. The summed E-state index contributed by atoms with van der Waals surface area (Å²) in [6.45, 7) is 8.32. The van der Waals surface area contributed by atoms with Crippen LogP contribution in [0.2, 0.25) is 10.0 Å². The molecule has 214 valence electrons. The molecule has 0 aliphatic carbocycles. The number of ether oxygens (including phenoxy) is 1. The molecule has 0 spiro atoms. The monoisotopic (exact) mass is 595 g/mol. The van der Waals surface area contributed by atoms with Gasteiger partial charge in [0.2, 0.25) is 0 Å². The Morgan fingerprint density at radius 1 is 0.927 bits per heavy atom. The summed E-state index contributed by atoms with van der Waals surface area (Å²) in [7, 11) is 1.51. The lowest BCUT2D eigenvalue weighted by atomic mass is 9.92. The molecule has 4 aromatic rings. The number of benzene rings is 2. The molecule has 0 atom stereocenters. The largest absolute Gasteiger partial charge is 0.487 e. The van der Waals surface area contributed by atoms with E-state index in [-0.39, 0.29) is 28.1 Å². The molecule has 12 heteroatoms. The molecule has 4 N–H and O–H groups in total. The maximum absolute atomic E-state index is 13.0. The Bertz CT molecular complexity index is 1560. The van der Waals surface area contributed by atoms with Gasteiger partial charge in [-0.05, 0) is 48.9 Å². The van der Waals surface area contributed by atoms with Crippen LogP contribution in [0.15, 0.2) is 60.8 Å². The number of nitrogens with zero attached hydrogens (tertiary/aromatic N) is 3. The smallest absolute Gasteiger partial charge is 0.324 e. The molecule has 0 radical (unpaired) electrons. The van der Waals surface area contributed by atoms with E-state index in [0.29, 0.717) is 23.1 Å². The SMILES string of the molecule is CNC(=O)Nc1cc(COc2ccc(NC(=O)Nc3cc(C(C)(C)C)nn3-c3ccc(C)cc3)c(Cl)c2Cl)ccn1. The molecule has 41 heavy (non-hydrogen) atoms. The lowest BCUT2D eigenvalue weighted by molar-refractivity contribution is 0.253. The first kappa shape index (κ1) is 29.7. The van der Waals surface area contributed by atoms with Crippen LogP contribution >= 0.6 is 23.2 Å². The normalized spacial score (nSPS) is 11.1. The van der Waals surface area contributed by atoms with E-state index >= 15 is 0 Å². The molecule has 10 nitrogen and oxygen atoms in total. The number of hydrogen-bond acceptors (Lipinski definition) is 5. The Morgan fingerprint density at radius 3 is 2.34 bits per heavy atom. The van der Waals surface area contributed by atoms with Crippen LogP contribution in [0, 0.1) is 6.92 Å². The molecule has 0 saturated carbocycles. The third kappa shape index (κ3) is 7.47. The Hall–Kier alpha value is -4.28. The summed E-state index contributed by atoms with van der Waals surface area (Å²) in [5, 5.41) is 15.7. The number of anilines is 3. The molecule has 2 heterocycles. The Labute approximate surface area is 248 Å². The molecule has 4 rings (SSSR count). The van der Waals surface area contributed by atoms with Crippen molar-refractivity contribution in [3.63, 3.8) is 0 Å². The third-order valence-corrected chi connectivity index (χ3v) is 6.84. The minimum Gasteiger partial charge on any atom is -0.487 e. The molecular weight excluding hydrogens is 565 g/mol. The first-order valence-electron chi connectivity index (χ1n) is 12.7. The zero-order chi connectivity index (χ0) is 29.7. The number of urea groups is 2. The highest BCUT2D eigenvalue weighted by molar-refractivity contribution is 6.45. The van der Waals surface area contributed by atoms with E-state index in [0.717, 1.165) is 22.5 Å². The van der Waals surface area contributed by atoms with Gasteiger partial charge in [0, 0.05) is 24.7 Å². The molecule has 2 aromatic heterocycles. The van der Waals surface area contributed by atoms with E-state index in [1.165, 1.54) is 7.05 Å². The van der Waals surface area contributed by atoms with Gasteiger partial charge in [0.05, 0.1) is 22.1 Å². The Kier molecular flexibility index (Phi) is 9.05. The number of amides is 4. The number of hydrogen-bond donors (Lipinski definition) is 4. The molecule has 0 aliphatic heterocycles. The quantitative estimate of drug-likeness (QED) is 0.180. The minimum absolute atomic E-state index is 0.124. The van der Waals surface area contributed by atoms with E-state index in [2.05, 4.69) is 47.0 Å². The fraction of sp³-hybridized carbons (Fsp3) is 0.241. The average molecular weight is 597 g/mol. The van der Waals surface area contributed by atoms with Gasteiger partial charge in [-0.2, -0.15) is 5.10 Å². The second-order valence-corrected chi connectivity index (χ2v) is 11.0. The van der Waals surface area contributed by atoms with Gasteiger partial charge in [-0.3, -0.25) is 10.6 Å². The molecule has 0 aliphatic rings. The van der Waals surface area contributed by atoms with E-state index in [9.17, 15) is 9.59 Å². The maximum Gasteiger partial charge on any atom is 0.324 e. The molecule has 0 fully saturated rings. The molecule has 4 amide bonds. The van der Waals surface area contributed by atoms with Crippen LogP contribution in [0.25, 0.3) is 5.69 Å². The van der Waals surface area contributed by atoms with Crippen molar-refractivity contribution in [1.82, 2.24) is 20.1 Å². The summed E-state index contributed by atoms with van der Waals surface area (Å²) in [6, 6.07) is 15.4. The van der Waals surface area contributed by atoms with E-state index in [4.69, 9.17) is 33.0 Å². The van der Waals surface area contributed by atoms with Crippen LogP contribution in [0.3, 0.4) is 0 Å². The predicted octanol–water partition coefficient (Wildman–Crippen LogP) is 7.15. The van der Waals surface area contributed by atoms with Gasteiger partial charge in [0.1, 0.15) is 29.0 Å². The van der Waals surface area contributed by atoms with Crippen molar-refractivity contribution in [1.29, 1.82) is 0 Å². The number of aryl methyl sites for hydroxylation is 1. The number of carbonyl (C=O) groups is 2. The van der Waals surface area contributed by atoms with Crippen LogP contribution in [0.1, 0.15) is 37.6 Å². The van der Waals surface area contributed by atoms with Crippen molar-refractivity contribution in [3.8, 4) is 11.4 Å². The number of pyridine rings is 1. The highest BCUT2D eigenvalue weighted by Crippen LogP contribution is 2.38. The van der Waals surface area contributed by atoms with Gasteiger partial charge in [0.15, 0.2) is 0 Å². The third-order valence-electron chi connectivity index (χ3n) is 5.98. The second kappa shape index (κ2) is 12.5. The predicted molar refractivity (Wildman–Crippen MR) is 163 cm³/mol. The van der Waals surface area contributed by atoms with E-state index in [1.54, 1.807) is 35.1 Å². The van der Waals surface area contributed by atoms with Crippen molar-refractivity contribution in [2.75, 3.05) is 23.0 Å². The molecule has 2 aromatic carbocycles. The summed E-state index contributed by atoms with van der Waals surface area (Å²) < 4.78 is 7.54. The Morgan fingerprint density at radius 2 is 1.66 bits per heavy atom. The van der Waals surface area contributed by atoms with Crippen molar-refractivity contribution in [2.24, 2.45) is 0 Å². The van der Waals surface area contributed by atoms with Gasteiger partial charge >= 0.3 is 12.1 Å². The molecule has 0 saturated heterocycles. The van der Waals surface area contributed by atoms with Crippen molar-refractivity contribution >= 4 is 52.6 Å². The fourth-order valence-electron chi connectivity index (χ4n) is 3.70. The Balaban J connectivity index is 1.47. The van der Waals surface area contributed by atoms with Gasteiger partial charge in [-0.25, -0.2) is 19.3 Å². The minimum atomic E-state index is -0.515. The lowest BCUT2D eigenvalue weighted by Gasteiger charge is -2.14. The lowest BCUT2D eigenvalue weighted by Crippen LogP contribution is -2.25. The van der Waals surface area contributed by atoms with Crippen LogP contribution in [-0.2, 0) is 12.0 Å². The summed E-state index contributed by atoms with van der Waals surface area (Å²) in [4.78, 5) is 28.7. The second-order valence-electron chi connectivity index (χ2n) is 10.3. The van der Waals surface area contributed by atoms with Crippen LogP contribution < -0.4 is 26.0 Å². The number of carbonyl (C=O) groups excluding carboxylic acids is 2.